The number of rotatable bonds is 6. The summed E-state index contributed by atoms with van der Waals surface area (Å²) in [6, 6.07) is 2.40. The van der Waals surface area contributed by atoms with E-state index in [4.69, 9.17) is 9.47 Å². The summed E-state index contributed by atoms with van der Waals surface area (Å²) in [4.78, 5) is 12.2. The number of methoxy groups -OCH3 is 2. The molecule has 1 aliphatic rings. The number of amides is 1. The van der Waals surface area contributed by atoms with Crippen LogP contribution in [0.2, 0.25) is 0 Å². The third-order valence-electron chi connectivity index (χ3n) is 4.26. The number of halogens is 2. The molecule has 1 saturated heterocycles. The average Bonchev–Trinajstić information content (AvgIpc) is 2.44. The largest absolute Gasteiger partial charge is 0.493 e. The first-order valence-electron chi connectivity index (χ1n) is 7.40. The molecule has 0 aliphatic carbocycles. The molecule has 1 fully saturated rings. The third-order valence-corrected chi connectivity index (χ3v) is 4.26. The van der Waals surface area contributed by atoms with Crippen molar-refractivity contribution in [2.45, 2.75) is 19.9 Å². The SMILES string of the molecule is COc1cc(F)c(C(C)NC(=O)C(C)C2CNC2)cc1OC.Cl. The van der Waals surface area contributed by atoms with Crippen LogP contribution in [-0.2, 0) is 4.79 Å². The summed E-state index contributed by atoms with van der Waals surface area (Å²) >= 11 is 0. The molecule has 23 heavy (non-hydrogen) atoms. The highest BCUT2D eigenvalue weighted by Gasteiger charge is 2.29. The van der Waals surface area contributed by atoms with Gasteiger partial charge in [-0.25, -0.2) is 4.39 Å². The minimum atomic E-state index is -0.442. The summed E-state index contributed by atoms with van der Waals surface area (Å²) in [5.74, 6) is 0.540. The predicted octanol–water partition coefficient (Wildman–Crippen LogP) is 2.30. The predicted molar refractivity (Wildman–Crippen MR) is 88.8 cm³/mol. The highest BCUT2D eigenvalue weighted by Crippen LogP contribution is 2.32. The summed E-state index contributed by atoms with van der Waals surface area (Å²) in [5.41, 5.74) is 0.380. The van der Waals surface area contributed by atoms with Crippen LogP contribution in [0.3, 0.4) is 0 Å². The minimum Gasteiger partial charge on any atom is -0.493 e. The van der Waals surface area contributed by atoms with Crippen molar-refractivity contribution in [2.24, 2.45) is 11.8 Å². The van der Waals surface area contributed by atoms with Crippen molar-refractivity contribution >= 4 is 18.3 Å². The third kappa shape index (κ3) is 4.26. The van der Waals surface area contributed by atoms with E-state index in [1.165, 1.54) is 20.3 Å². The fourth-order valence-corrected chi connectivity index (χ4v) is 2.50. The second-order valence-electron chi connectivity index (χ2n) is 5.67. The van der Waals surface area contributed by atoms with Gasteiger partial charge in [-0.05, 0) is 32.0 Å². The Balaban J connectivity index is 0.00000264. The average molecular weight is 347 g/mol. The highest BCUT2D eigenvalue weighted by molar-refractivity contribution is 5.85. The number of carbonyl (C=O) groups is 1. The molecule has 0 radical (unpaired) electrons. The Labute approximate surface area is 142 Å². The molecule has 1 aromatic rings. The van der Waals surface area contributed by atoms with Crippen LogP contribution in [0.5, 0.6) is 11.5 Å². The lowest BCUT2D eigenvalue weighted by Crippen LogP contribution is -2.49. The molecule has 1 amide bonds. The molecule has 0 spiro atoms. The summed E-state index contributed by atoms with van der Waals surface area (Å²) in [6.45, 7) is 5.37. The zero-order valence-electron chi connectivity index (χ0n) is 13.8. The van der Waals surface area contributed by atoms with Crippen LogP contribution in [0, 0.1) is 17.7 Å². The van der Waals surface area contributed by atoms with Crippen molar-refractivity contribution < 1.29 is 18.7 Å². The van der Waals surface area contributed by atoms with Gasteiger partial charge in [-0.2, -0.15) is 0 Å². The van der Waals surface area contributed by atoms with Gasteiger partial charge in [0.15, 0.2) is 11.5 Å². The zero-order valence-corrected chi connectivity index (χ0v) is 14.6. The number of benzene rings is 1. The molecular formula is C16H24ClFN2O3. The summed E-state index contributed by atoms with van der Waals surface area (Å²) in [6.07, 6.45) is 0. The van der Waals surface area contributed by atoms with E-state index in [0.717, 1.165) is 13.1 Å². The molecule has 2 unspecified atom stereocenters. The quantitative estimate of drug-likeness (QED) is 0.829. The van der Waals surface area contributed by atoms with Gasteiger partial charge in [-0.3, -0.25) is 4.79 Å². The normalized spacial score (nSPS) is 16.6. The van der Waals surface area contributed by atoms with E-state index in [1.807, 2.05) is 6.92 Å². The maximum atomic E-state index is 14.2. The summed E-state index contributed by atoms with van der Waals surface area (Å²) in [5, 5.41) is 6.02. The Kier molecular flexibility index (Phi) is 7.09. The smallest absolute Gasteiger partial charge is 0.223 e. The Hall–Kier alpha value is -1.53. The van der Waals surface area contributed by atoms with Crippen molar-refractivity contribution in [2.75, 3.05) is 27.3 Å². The lowest BCUT2D eigenvalue weighted by molar-refractivity contribution is -0.127. The van der Waals surface area contributed by atoms with Gasteiger partial charge < -0.3 is 20.1 Å². The standard InChI is InChI=1S/C16H23FN2O3.ClH/c1-9(11-7-18-8-11)16(20)19-10(2)12-5-14(21-3)15(22-4)6-13(12)17;/h5-6,9-11,18H,7-8H2,1-4H3,(H,19,20);1H. The number of nitrogens with one attached hydrogen (secondary N) is 2. The lowest BCUT2D eigenvalue weighted by atomic mass is 9.88. The molecule has 5 nitrogen and oxygen atoms in total. The number of carbonyl (C=O) groups excluding carboxylic acids is 1. The Bertz CT molecular complexity index is 552. The number of ether oxygens (including phenoxy) is 2. The minimum absolute atomic E-state index is 0. The first-order chi connectivity index (χ1) is 10.5. The molecule has 7 heteroatoms. The number of hydrogen-bond donors (Lipinski definition) is 2. The van der Waals surface area contributed by atoms with Gasteiger partial charge in [0.2, 0.25) is 5.91 Å². The molecule has 0 saturated carbocycles. The van der Waals surface area contributed by atoms with Crippen molar-refractivity contribution in [3.63, 3.8) is 0 Å². The van der Waals surface area contributed by atoms with Crippen LogP contribution >= 0.6 is 12.4 Å². The van der Waals surface area contributed by atoms with Gasteiger partial charge in [0, 0.05) is 17.5 Å². The molecule has 130 valence electrons. The van der Waals surface area contributed by atoms with E-state index in [1.54, 1.807) is 13.0 Å². The highest BCUT2D eigenvalue weighted by atomic mass is 35.5. The summed E-state index contributed by atoms with van der Waals surface area (Å²) in [7, 11) is 2.95. The Morgan fingerprint density at radius 2 is 1.83 bits per heavy atom. The Morgan fingerprint density at radius 1 is 1.26 bits per heavy atom. The molecule has 0 aromatic heterocycles. The second kappa shape index (κ2) is 8.36. The van der Waals surface area contributed by atoms with Crippen molar-refractivity contribution in [3.05, 3.63) is 23.5 Å². The Morgan fingerprint density at radius 3 is 2.30 bits per heavy atom. The number of hydrogen-bond acceptors (Lipinski definition) is 4. The lowest BCUT2D eigenvalue weighted by Gasteiger charge is -2.32. The van der Waals surface area contributed by atoms with Gasteiger partial charge in [0.25, 0.3) is 0 Å². The van der Waals surface area contributed by atoms with E-state index >= 15 is 0 Å². The van der Waals surface area contributed by atoms with Gasteiger partial charge in [0.05, 0.1) is 20.3 Å². The molecule has 0 bridgehead atoms. The van der Waals surface area contributed by atoms with Crippen LogP contribution < -0.4 is 20.1 Å². The van der Waals surface area contributed by atoms with E-state index in [9.17, 15) is 9.18 Å². The molecule has 1 aromatic carbocycles. The van der Waals surface area contributed by atoms with Gasteiger partial charge in [-0.15, -0.1) is 12.4 Å². The van der Waals surface area contributed by atoms with E-state index in [-0.39, 0.29) is 24.2 Å². The van der Waals surface area contributed by atoms with E-state index in [2.05, 4.69) is 10.6 Å². The van der Waals surface area contributed by atoms with Gasteiger partial charge >= 0.3 is 0 Å². The monoisotopic (exact) mass is 346 g/mol. The van der Waals surface area contributed by atoms with Crippen LogP contribution in [-0.4, -0.2) is 33.2 Å². The molecule has 1 aliphatic heterocycles. The zero-order chi connectivity index (χ0) is 16.3. The maximum absolute atomic E-state index is 14.2. The maximum Gasteiger partial charge on any atom is 0.223 e. The van der Waals surface area contributed by atoms with Crippen molar-refractivity contribution in [3.8, 4) is 11.5 Å². The van der Waals surface area contributed by atoms with Gasteiger partial charge in [0.1, 0.15) is 5.82 Å². The molecular weight excluding hydrogens is 323 g/mol. The molecule has 2 atom stereocenters. The van der Waals surface area contributed by atoms with Crippen LogP contribution in [0.15, 0.2) is 12.1 Å². The first-order valence-corrected chi connectivity index (χ1v) is 7.40. The topological polar surface area (TPSA) is 59.6 Å². The van der Waals surface area contributed by atoms with E-state index < -0.39 is 11.9 Å². The second-order valence-corrected chi connectivity index (χ2v) is 5.67. The molecule has 2 N–H and O–H groups in total. The van der Waals surface area contributed by atoms with Crippen LogP contribution in [0.4, 0.5) is 4.39 Å². The van der Waals surface area contributed by atoms with Crippen molar-refractivity contribution in [1.29, 1.82) is 0 Å². The van der Waals surface area contributed by atoms with Gasteiger partial charge in [-0.1, -0.05) is 6.92 Å². The molecule has 1 heterocycles. The fourth-order valence-electron chi connectivity index (χ4n) is 2.50. The van der Waals surface area contributed by atoms with E-state index in [0.29, 0.717) is 23.0 Å². The van der Waals surface area contributed by atoms with Crippen molar-refractivity contribution in [1.82, 2.24) is 10.6 Å². The van der Waals surface area contributed by atoms with Crippen LogP contribution in [0.1, 0.15) is 25.5 Å². The summed E-state index contributed by atoms with van der Waals surface area (Å²) < 4.78 is 24.4. The fraction of sp³-hybridized carbons (Fsp3) is 0.562. The molecule has 2 rings (SSSR count). The van der Waals surface area contributed by atoms with Crippen LogP contribution in [0.25, 0.3) is 0 Å². The first kappa shape index (κ1) is 19.5.